The van der Waals surface area contributed by atoms with Gasteiger partial charge in [-0.05, 0) is 41.2 Å². The second kappa shape index (κ2) is 6.53. The van der Waals surface area contributed by atoms with E-state index < -0.39 is 0 Å². The molecule has 0 saturated heterocycles. The topological polar surface area (TPSA) is 41.1 Å². The van der Waals surface area contributed by atoms with Gasteiger partial charge >= 0.3 is 6.03 Å². The molecule has 0 spiro atoms. The van der Waals surface area contributed by atoms with Gasteiger partial charge in [0.15, 0.2) is 0 Å². The van der Waals surface area contributed by atoms with Gasteiger partial charge in [0.25, 0.3) is 0 Å². The molecule has 0 unspecified atom stereocenters. The number of thioether (sulfide) groups is 1. The summed E-state index contributed by atoms with van der Waals surface area (Å²) in [5.41, 5.74) is 2.72. The Morgan fingerprint density at radius 3 is 2.85 bits per heavy atom. The van der Waals surface area contributed by atoms with Crippen molar-refractivity contribution in [3.8, 4) is 0 Å². The van der Waals surface area contributed by atoms with Crippen molar-refractivity contribution < 1.29 is 4.79 Å². The highest BCUT2D eigenvalue weighted by atomic mass is 32.2. The number of amides is 2. The molecule has 0 bridgehead atoms. The normalized spacial score (nSPS) is 14.6. The first-order valence-electron chi connectivity index (χ1n) is 7.20. The summed E-state index contributed by atoms with van der Waals surface area (Å²) in [4.78, 5) is 13.1. The lowest BCUT2D eigenvalue weighted by Crippen LogP contribution is -2.39. The molecule has 1 aliphatic heterocycles. The molecule has 0 aromatic heterocycles. The van der Waals surface area contributed by atoms with Gasteiger partial charge in [-0.15, -0.1) is 11.8 Å². The fourth-order valence-electron chi connectivity index (χ4n) is 2.11. The second-order valence-corrected chi connectivity index (χ2v) is 7.63. The Balaban J connectivity index is 1.83. The number of hydrogen-bond donors (Lipinski definition) is 2. The van der Waals surface area contributed by atoms with Gasteiger partial charge in [0.2, 0.25) is 0 Å². The van der Waals surface area contributed by atoms with Gasteiger partial charge in [0, 0.05) is 18.0 Å². The first-order valence-corrected chi connectivity index (χ1v) is 8.19. The van der Waals surface area contributed by atoms with Crippen LogP contribution in [0.5, 0.6) is 0 Å². The van der Waals surface area contributed by atoms with E-state index in [9.17, 15) is 4.79 Å². The van der Waals surface area contributed by atoms with E-state index >= 15 is 0 Å². The predicted octanol–water partition coefficient (Wildman–Crippen LogP) is 3.57. The SMILES string of the molecule is CC(C)(C)CNC(=O)NCc1ccc2c(c1)CCCS2. The summed E-state index contributed by atoms with van der Waals surface area (Å²) in [6.45, 7) is 7.59. The molecule has 2 rings (SSSR count). The van der Waals surface area contributed by atoms with E-state index in [1.807, 2.05) is 11.8 Å². The van der Waals surface area contributed by atoms with Gasteiger partial charge in [-0.1, -0.05) is 32.9 Å². The number of carbonyl (C=O) groups is 1. The zero-order valence-electron chi connectivity index (χ0n) is 12.6. The van der Waals surface area contributed by atoms with Crippen molar-refractivity contribution in [2.24, 2.45) is 5.41 Å². The minimum absolute atomic E-state index is 0.0907. The van der Waals surface area contributed by atoms with Crippen molar-refractivity contribution >= 4 is 17.8 Å². The van der Waals surface area contributed by atoms with Crippen LogP contribution in [0, 0.1) is 5.41 Å². The highest BCUT2D eigenvalue weighted by Gasteiger charge is 2.12. The van der Waals surface area contributed by atoms with Crippen molar-refractivity contribution in [2.45, 2.75) is 45.1 Å². The number of rotatable bonds is 3. The number of aryl methyl sites for hydroxylation is 1. The van der Waals surface area contributed by atoms with Crippen LogP contribution in [0.1, 0.15) is 38.3 Å². The molecule has 0 aliphatic carbocycles. The summed E-state index contributed by atoms with van der Waals surface area (Å²) in [6.07, 6.45) is 2.41. The van der Waals surface area contributed by atoms with Gasteiger partial charge in [0.1, 0.15) is 0 Å². The van der Waals surface area contributed by atoms with Gasteiger partial charge in [-0.25, -0.2) is 4.79 Å². The molecule has 2 N–H and O–H groups in total. The second-order valence-electron chi connectivity index (χ2n) is 6.49. The highest BCUT2D eigenvalue weighted by molar-refractivity contribution is 7.99. The van der Waals surface area contributed by atoms with E-state index in [4.69, 9.17) is 0 Å². The Labute approximate surface area is 125 Å². The van der Waals surface area contributed by atoms with Crippen LogP contribution in [-0.4, -0.2) is 18.3 Å². The molecule has 1 aromatic carbocycles. The Hall–Kier alpha value is -1.16. The third-order valence-electron chi connectivity index (χ3n) is 3.21. The number of nitrogens with one attached hydrogen (secondary N) is 2. The molecule has 3 nitrogen and oxygen atoms in total. The molecule has 0 saturated carbocycles. The summed E-state index contributed by atoms with van der Waals surface area (Å²) in [5, 5.41) is 5.82. The van der Waals surface area contributed by atoms with Gasteiger partial charge < -0.3 is 10.6 Å². The first kappa shape index (κ1) is 15.2. The molecule has 1 aromatic rings. The van der Waals surface area contributed by atoms with Crippen molar-refractivity contribution in [1.82, 2.24) is 10.6 Å². The first-order chi connectivity index (χ1) is 9.44. The molecule has 1 aliphatic rings. The highest BCUT2D eigenvalue weighted by Crippen LogP contribution is 2.30. The number of fused-ring (bicyclic) bond motifs is 1. The summed E-state index contributed by atoms with van der Waals surface area (Å²) in [6, 6.07) is 6.43. The van der Waals surface area contributed by atoms with Crippen LogP contribution >= 0.6 is 11.8 Å². The number of urea groups is 1. The van der Waals surface area contributed by atoms with Gasteiger partial charge in [-0.2, -0.15) is 0 Å². The van der Waals surface area contributed by atoms with Crippen LogP contribution in [0.3, 0.4) is 0 Å². The van der Waals surface area contributed by atoms with Crippen LogP contribution in [0.4, 0.5) is 4.79 Å². The van der Waals surface area contributed by atoms with E-state index in [2.05, 4.69) is 49.6 Å². The Kier molecular flexibility index (Phi) is 4.97. The molecule has 0 atom stereocenters. The molecular formula is C16H24N2OS. The maximum atomic E-state index is 11.7. The van der Waals surface area contributed by atoms with E-state index in [0.29, 0.717) is 13.1 Å². The average Bonchev–Trinajstić information content (AvgIpc) is 2.42. The van der Waals surface area contributed by atoms with Crippen LogP contribution in [0.25, 0.3) is 0 Å². The molecule has 4 heteroatoms. The van der Waals surface area contributed by atoms with Crippen LogP contribution in [-0.2, 0) is 13.0 Å². The molecule has 1 heterocycles. The molecule has 110 valence electrons. The van der Waals surface area contributed by atoms with E-state index in [1.54, 1.807) is 0 Å². The smallest absolute Gasteiger partial charge is 0.315 e. The molecule has 0 fully saturated rings. The molecule has 0 radical (unpaired) electrons. The third kappa shape index (κ3) is 4.75. The number of hydrogen-bond acceptors (Lipinski definition) is 2. The average molecular weight is 292 g/mol. The molecular weight excluding hydrogens is 268 g/mol. The van der Waals surface area contributed by atoms with Gasteiger partial charge in [-0.3, -0.25) is 0 Å². The standard InChI is InChI=1S/C16H24N2OS/c1-16(2,3)11-18-15(19)17-10-12-6-7-14-13(9-12)5-4-8-20-14/h6-7,9H,4-5,8,10-11H2,1-3H3,(H2,17,18,19). The monoisotopic (exact) mass is 292 g/mol. The van der Waals surface area contributed by atoms with Crippen molar-refractivity contribution in [3.63, 3.8) is 0 Å². The number of carbonyl (C=O) groups excluding carboxylic acids is 1. The maximum Gasteiger partial charge on any atom is 0.315 e. The van der Waals surface area contributed by atoms with Crippen molar-refractivity contribution in [3.05, 3.63) is 29.3 Å². The minimum atomic E-state index is -0.0907. The fraction of sp³-hybridized carbons (Fsp3) is 0.562. The maximum absolute atomic E-state index is 11.7. The quantitative estimate of drug-likeness (QED) is 0.894. The third-order valence-corrected chi connectivity index (χ3v) is 4.41. The Bertz CT molecular complexity index is 480. The Morgan fingerprint density at radius 1 is 1.30 bits per heavy atom. The largest absolute Gasteiger partial charge is 0.338 e. The van der Waals surface area contributed by atoms with E-state index in [0.717, 1.165) is 6.42 Å². The summed E-state index contributed by atoms with van der Waals surface area (Å²) in [5.74, 6) is 1.22. The molecule has 2 amide bonds. The van der Waals surface area contributed by atoms with Crippen LogP contribution in [0.2, 0.25) is 0 Å². The lowest BCUT2D eigenvalue weighted by Gasteiger charge is -2.19. The lowest BCUT2D eigenvalue weighted by atomic mass is 9.97. The van der Waals surface area contributed by atoms with Crippen LogP contribution in [0.15, 0.2) is 23.1 Å². The fourth-order valence-corrected chi connectivity index (χ4v) is 3.13. The van der Waals surface area contributed by atoms with Crippen molar-refractivity contribution in [1.29, 1.82) is 0 Å². The summed E-state index contributed by atoms with van der Waals surface area (Å²) in [7, 11) is 0. The summed E-state index contributed by atoms with van der Waals surface area (Å²) >= 11 is 1.93. The zero-order valence-corrected chi connectivity index (χ0v) is 13.4. The Morgan fingerprint density at radius 2 is 2.10 bits per heavy atom. The zero-order chi connectivity index (χ0) is 14.6. The van der Waals surface area contributed by atoms with Crippen LogP contribution < -0.4 is 10.6 Å². The molecule has 20 heavy (non-hydrogen) atoms. The van der Waals surface area contributed by atoms with E-state index in [-0.39, 0.29) is 11.4 Å². The minimum Gasteiger partial charge on any atom is -0.338 e. The van der Waals surface area contributed by atoms with Gasteiger partial charge in [0.05, 0.1) is 0 Å². The number of benzene rings is 1. The lowest BCUT2D eigenvalue weighted by molar-refractivity contribution is 0.235. The van der Waals surface area contributed by atoms with E-state index in [1.165, 1.54) is 28.2 Å². The van der Waals surface area contributed by atoms with Crippen molar-refractivity contribution in [2.75, 3.05) is 12.3 Å². The predicted molar refractivity (Wildman–Crippen MR) is 85.2 cm³/mol. The summed E-state index contributed by atoms with van der Waals surface area (Å²) < 4.78 is 0.